The van der Waals surface area contributed by atoms with Crippen LogP contribution in [0.2, 0.25) is 0 Å². The smallest absolute Gasteiger partial charge is 0.287 e. The number of benzene rings is 2. The van der Waals surface area contributed by atoms with Crippen molar-refractivity contribution in [1.82, 2.24) is 9.91 Å². The molecule has 27 heavy (non-hydrogen) atoms. The first-order chi connectivity index (χ1) is 13.1. The van der Waals surface area contributed by atoms with Crippen LogP contribution in [0.1, 0.15) is 25.0 Å². The van der Waals surface area contributed by atoms with E-state index in [1.165, 1.54) is 6.92 Å². The van der Waals surface area contributed by atoms with Gasteiger partial charge in [-0.3, -0.25) is 9.59 Å². The highest BCUT2D eigenvalue weighted by molar-refractivity contribution is 5.92. The van der Waals surface area contributed by atoms with Crippen LogP contribution in [-0.4, -0.2) is 40.4 Å². The zero-order chi connectivity index (χ0) is 19.2. The highest BCUT2D eigenvalue weighted by atomic mass is 16.5. The van der Waals surface area contributed by atoms with Crippen LogP contribution in [0.4, 0.5) is 0 Å². The predicted octanol–water partition coefficient (Wildman–Crippen LogP) is 2.80. The molecule has 2 aromatic carbocycles. The number of likely N-dealkylation sites (N-methyl/N-ethyl adjacent to an activating group) is 1. The quantitative estimate of drug-likeness (QED) is 0.791. The zero-order valence-corrected chi connectivity index (χ0v) is 15.5. The highest BCUT2D eigenvalue weighted by Gasteiger charge is 2.39. The molecule has 1 atom stereocenters. The first-order valence-corrected chi connectivity index (χ1v) is 8.99. The van der Waals surface area contributed by atoms with E-state index in [-0.39, 0.29) is 11.8 Å². The maximum absolute atomic E-state index is 13.0. The summed E-state index contributed by atoms with van der Waals surface area (Å²) in [5.74, 6) is -0.235. The van der Waals surface area contributed by atoms with Crippen molar-refractivity contribution in [1.29, 1.82) is 0 Å². The first kappa shape index (κ1) is 18.6. The maximum Gasteiger partial charge on any atom is 0.287 e. The molecule has 0 spiro atoms. The Hall–Kier alpha value is -3.15. The summed E-state index contributed by atoms with van der Waals surface area (Å²) in [6.45, 7) is 4.24. The Balaban J connectivity index is 1.73. The second-order valence-corrected chi connectivity index (χ2v) is 6.33. The summed E-state index contributed by atoms with van der Waals surface area (Å²) < 4.78 is 5.79. The van der Waals surface area contributed by atoms with Crippen molar-refractivity contribution in [3.8, 4) is 0 Å². The summed E-state index contributed by atoms with van der Waals surface area (Å²) in [6, 6.07) is 19.4. The molecule has 1 unspecified atom stereocenters. The number of rotatable bonds is 6. The van der Waals surface area contributed by atoms with Gasteiger partial charge in [-0.25, -0.2) is 0 Å². The van der Waals surface area contributed by atoms with E-state index in [9.17, 15) is 9.59 Å². The van der Waals surface area contributed by atoms with Crippen LogP contribution in [0.3, 0.4) is 0 Å². The summed E-state index contributed by atoms with van der Waals surface area (Å²) in [6.07, 6.45) is -0.621. The molecule has 0 saturated carbocycles. The molecule has 3 rings (SSSR count). The first-order valence-electron chi connectivity index (χ1n) is 8.99. The molecule has 0 aromatic heterocycles. The van der Waals surface area contributed by atoms with Gasteiger partial charge in [-0.05, 0) is 18.1 Å². The fourth-order valence-corrected chi connectivity index (χ4v) is 2.92. The molecule has 0 bridgehead atoms. The van der Waals surface area contributed by atoms with Gasteiger partial charge in [0.1, 0.15) is 0 Å². The molecular weight excluding hydrogens is 342 g/mol. The molecule has 0 fully saturated rings. The zero-order valence-electron chi connectivity index (χ0n) is 15.5. The molecule has 2 amide bonds. The van der Waals surface area contributed by atoms with Gasteiger partial charge in [0.25, 0.3) is 12.1 Å². The average molecular weight is 365 g/mol. The van der Waals surface area contributed by atoms with Crippen molar-refractivity contribution in [2.45, 2.75) is 33.0 Å². The Morgan fingerprint density at radius 1 is 1.04 bits per heavy atom. The van der Waals surface area contributed by atoms with E-state index in [0.717, 1.165) is 16.1 Å². The fourth-order valence-electron chi connectivity index (χ4n) is 2.92. The van der Waals surface area contributed by atoms with Crippen LogP contribution < -0.4 is 0 Å². The van der Waals surface area contributed by atoms with Crippen LogP contribution in [0.5, 0.6) is 0 Å². The van der Waals surface area contributed by atoms with Crippen molar-refractivity contribution in [2.75, 3.05) is 6.54 Å². The number of amides is 2. The van der Waals surface area contributed by atoms with Crippen molar-refractivity contribution in [3.05, 3.63) is 71.8 Å². The Bertz CT molecular complexity index is 821. The van der Waals surface area contributed by atoms with E-state index >= 15 is 0 Å². The summed E-state index contributed by atoms with van der Waals surface area (Å²) in [7, 11) is 0. The maximum atomic E-state index is 13.0. The van der Waals surface area contributed by atoms with Crippen molar-refractivity contribution < 1.29 is 14.3 Å². The minimum absolute atomic E-state index is 0.275. The highest BCUT2D eigenvalue weighted by Crippen LogP contribution is 2.19. The minimum atomic E-state index is -1.05. The summed E-state index contributed by atoms with van der Waals surface area (Å²) >= 11 is 0. The lowest BCUT2D eigenvalue weighted by Gasteiger charge is -2.26. The number of hydrogen-bond donors (Lipinski definition) is 0. The average Bonchev–Trinajstić information content (AvgIpc) is 3.11. The Morgan fingerprint density at radius 3 is 2.19 bits per heavy atom. The summed E-state index contributed by atoms with van der Waals surface area (Å²) in [5.41, 5.74) is 2.02. The largest absolute Gasteiger partial charge is 0.444 e. The molecule has 1 heterocycles. The fraction of sp³-hybridized carbons (Fsp3) is 0.286. The van der Waals surface area contributed by atoms with Gasteiger partial charge < -0.3 is 9.64 Å². The predicted molar refractivity (Wildman–Crippen MR) is 103 cm³/mol. The SMILES string of the molecule is CCN(Cc1ccccc1)C(=O)C1OC(Cc2ccccc2)=NN1C(C)=O. The van der Waals surface area contributed by atoms with Crippen molar-refractivity contribution in [2.24, 2.45) is 5.10 Å². The summed E-state index contributed by atoms with van der Waals surface area (Å²) in [4.78, 5) is 26.7. The van der Waals surface area contributed by atoms with Crippen LogP contribution in [0.25, 0.3) is 0 Å². The number of hydrogen-bond acceptors (Lipinski definition) is 4. The molecule has 140 valence electrons. The second kappa shape index (κ2) is 8.49. The lowest BCUT2D eigenvalue weighted by Crippen LogP contribution is -2.47. The second-order valence-electron chi connectivity index (χ2n) is 6.33. The van der Waals surface area contributed by atoms with E-state index in [1.807, 2.05) is 67.6 Å². The monoisotopic (exact) mass is 365 g/mol. The van der Waals surface area contributed by atoms with Crippen LogP contribution in [0, 0.1) is 0 Å². The lowest BCUT2D eigenvalue weighted by atomic mass is 10.1. The standard InChI is InChI=1S/C21H23N3O3/c1-3-23(15-18-12-8-5-9-13-18)20(26)21-24(16(2)25)22-19(27-21)14-17-10-6-4-7-11-17/h4-13,21H,3,14-15H2,1-2H3. The third-order valence-corrected chi connectivity index (χ3v) is 4.33. The van der Waals surface area contributed by atoms with Gasteiger partial charge in [0, 0.05) is 20.0 Å². The van der Waals surface area contributed by atoms with E-state index < -0.39 is 6.23 Å². The van der Waals surface area contributed by atoms with Gasteiger partial charge in [-0.2, -0.15) is 5.01 Å². The molecule has 6 nitrogen and oxygen atoms in total. The molecule has 0 aliphatic carbocycles. The molecule has 0 radical (unpaired) electrons. The normalized spacial score (nSPS) is 15.9. The van der Waals surface area contributed by atoms with Gasteiger partial charge in [0.2, 0.25) is 11.8 Å². The molecule has 6 heteroatoms. The number of carbonyl (C=O) groups excluding carboxylic acids is 2. The van der Waals surface area contributed by atoms with Crippen molar-refractivity contribution in [3.63, 3.8) is 0 Å². The minimum Gasteiger partial charge on any atom is -0.444 e. The lowest BCUT2D eigenvalue weighted by molar-refractivity contribution is -0.154. The third kappa shape index (κ3) is 4.53. The Morgan fingerprint density at radius 2 is 1.63 bits per heavy atom. The number of hydrazone groups is 1. The number of carbonyl (C=O) groups is 2. The third-order valence-electron chi connectivity index (χ3n) is 4.33. The van der Waals surface area contributed by atoms with Gasteiger partial charge in [-0.15, -0.1) is 5.10 Å². The van der Waals surface area contributed by atoms with Gasteiger partial charge in [0.15, 0.2) is 0 Å². The van der Waals surface area contributed by atoms with E-state index in [0.29, 0.717) is 25.4 Å². The summed E-state index contributed by atoms with van der Waals surface area (Å²) in [5, 5.41) is 5.37. The number of nitrogens with zero attached hydrogens (tertiary/aromatic N) is 3. The molecule has 2 aromatic rings. The molecule has 1 aliphatic rings. The molecule has 1 aliphatic heterocycles. The van der Waals surface area contributed by atoms with E-state index in [2.05, 4.69) is 5.10 Å². The Kier molecular flexibility index (Phi) is 5.86. The molecular formula is C21H23N3O3. The van der Waals surface area contributed by atoms with Gasteiger partial charge >= 0.3 is 0 Å². The van der Waals surface area contributed by atoms with Crippen LogP contribution in [-0.2, 0) is 27.3 Å². The Labute approximate surface area is 159 Å². The van der Waals surface area contributed by atoms with Gasteiger partial charge in [0.05, 0.1) is 6.42 Å². The van der Waals surface area contributed by atoms with E-state index in [1.54, 1.807) is 4.90 Å². The van der Waals surface area contributed by atoms with E-state index in [4.69, 9.17) is 4.74 Å². The van der Waals surface area contributed by atoms with Crippen LogP contribution in [0.15, 0.2) is 65.8 Å². The molecule has 0 saturated heterocycles. The topological polar surface area (TPSA) is 62.2 Å². The molecule has 0 N–H and O–H groups in total. The number of ether oxygens (including phenoxy) is 1. The van der Waals surface area contributed by atoms with Crippen LogP contribution >= 0.6 is 0 Å². The van der Waals surface area contributed by atoms with Crippen molar-refractivity contribution >= 4 is 17.7 Å². The van der Waals surface area contributed by atoms with Gasteiger partial charge in [-0.1, -0.05) is 60.7 Å².